The molecule has 0 unspecified atom stereocenters. The maximum atomic E-state index is 11.0. The summed E-state index contributed by atoms with van der Waals surface area (Å²) in [4.78, 5) is 11.0. The summed E-state index contributed by atoms with van der Waals surface area (Å²) in [7, 11) is 0. The topological polar surface area (TPSA) is 37.3 Å². The van der Waals surface area contributed by atoms with Crippen molar-refractivity contribution in [2.24, 2.45) is 0 Å². The summed E-state index contributed by atoms with van der Waals surface area (Å²) >= 11 is 0. The molecule has 0 aliphatic heterocycles. The Bertz CT molecular complexity index is 250. The number of rotatable bonds is 1. The molecular formula is C10H14O2. The van der Waals surface area contributed by atoms with Crippen LogP contribution in [0.4, 0.5) is 0 Å². The van der Waals surface area contributed by atoms with Crippen LogP contribution in [0.1, 0.15) is 27.2 Å². The third-order valence-corrected chi connectivity index (χ3v) is 2.53. The Morgan fingerprint density at radius 1 is 1.33 bits per heavy atom. The standard InChI is InChI=1S/C10H14O2/c1-4-10(12)7(2)5-9(11)6-8(10)3/h5-6,12H,4H2,1-3H3. The van der Waals surface area contributed by atoms with Crippen LogP contribution < -0.4 is 0 Å². The van der Waals surface area contributed by atoms with E-state index in [-0.39, 0.29) is 5.78 Å². The quantitative estimate of drug-likeness (QED) is 0.642. The second-order valence-electron chi connectivity index (χ2n) is 3.27. The lowest BCUT2D eigenvalue weighted by atomic mass is 9.81. The molecule has 0 spiro atoms. The van der Waals surface area contributed by atoms with Crippen LogP contribution in [0.15, 0.2) is 23.3 Å². The minimum atomic E-state index is -0.881. The lowest BCUT2D eigenvalue weighted by molar-refractivity contribution is -0.111. The van der Waals surface area contributed by atoms with Crippen molar-refractivity contribution in [3.05, 3.63) is 23.3 Å². The molecule has 0 aromatic heterocycles. The molecule has 0 saturated heterocycles. The highest BCUT2D eigenvalue weighted by molar-refractivity contribution is 6.02. The Morgan fingerprint density at radius 3 is 2.08 bits per heavy atom. The summed E-state index contributed by atoms with van der Waals surface area (Å²) in [5.41, 5.74) is 0.610. The summed E-state index contributed by atoms with van der Waals surface area (Å²) in [6, 6.07) is 0. The van der Waals surface area contributed by atoms with Crippen molar-refractivity contribution in [3.63, 3.8) is 0 Å². The molecule has 1 rings (SSSR count). The molecule has 0 radical (unpaired) electrons. The first-order valence-electron chi connectivity index (χ1n) is 4.14. The van der Waals surface area contributed by atoms with Crippen LogP contribution in [0.2, 0.25) is 0 Å². The fraction of sp³-hybridized carbons (Fsp3) is 0.500. The molecule has 0 saturated carbocycles. The highest BCUT2D eigenvalue weighted by atomic mass is 16.3. The normalized spacial score (nSPS) is 21.8. The number of aliphatic hydroxyl groups is 1. The van der Waals surface area contributed by atoms with E-state index in [4.69, 9.17) is 0 Å². The van der Waals surface area contributed by atoms with Gasteiger partial charge in [-0.1, -0.05) is 6.92 Å². The minimum Gasteiger partial charge on any atom is -0.381 e. The van der Waals surface area contributed by atoms with Crippen molar-refractivity contribution in [3.8, 4) is 0 Å². The van der Waals surface area contributed by atoms with Gasteiger partial charge in [0.05, 0.1) is 0 Å². The molecule has 0 amide bonds. The summed E-state index contributed by atoms with van der Waals surface area (Å²) in [5, 5.41) is 10.0. The third-order valence-electron chi connectivity index (χ3n) is 2.53. The average Bonchev–Trinajstić information content (AvgIpc) is 2.00. The van der Waals surface area contributed by atoms with Gasteiger partial charge in [-0.2, -0.15) is 0 Å². The zero-order valence-corrected chi connectivity index (χ0v) is 7.72. The number of hydrogen-bond acceptors (Lipinski definition) is 2. The Balaban J connectivity index is 3.11. The number of ketones is 1. The van der Waals surface area contributed by atoms with E-state index in [9.17, 15) is 9.90 Å². The lowest BCUT2D eigenvalue weighted by Crippen LogP contribution is -2.33. The summed E-state index contributed by atoms with van der Waals surface area (Å²) in [5.74, 6) is -0.0249. The van der Waals surface area contributed by atoms with Crippen molar-refractivity contribution in [1.29, 1.82) is 0 Å². The summed E-state index contributed by atoms with van der Waals surface area (Å²) < 4.78 is 0. The molecule has 2 nitrogen and oxygen atoms in total. The molecule has 0 aromatic rings. The van der Waals surface area contributed by atoms with Gasteiger partial charge < -0.3 is 5.11 Å². The molecule has 1 aliphatic rings. The van der Waals surface area contributed by atoms with E-state index in [1.807, 2.05) is 6.92 Å². The average molecular weight is 166 g/mol. The molecule has 0 bridgehead atoms. The van der Waals surface area contributed by atoms with Gasteiger partial charge in [-0.05, 0) is 43.6 Å². The van der Waals surface area contributed by atoms with Gasteiger partial charge in [0.25, 0.3) is 0 Å². The van der Waals surface area contributed by atoms with Crippen LogP contribution in [0.5, 0.6) is 0 Å². The first kappa shape index (κ1) is 9.20. The fourth-order valence-electron chi connectivity index (χ4n) is 1.58. The molecule has 1 aliphatic carbocycles. The number of hydrogen-bond donors (Lipinski definition) is 1. The van der Waals surface area contributed by atoms with Crippen LogP contribution in [0.3, 0.4) is 0 Å². The minimum absolute atomic E-state index is 0.0249. The molecule has 0 heterocycles. The lowest BCUT2D eigenvalue weighted by Gasteiger charge is -2.31. The molecule has 0 aromatic carbocycles. The maximum Gasteiger partial charge on any atom is 0.178 e. The molecule has 2 heteroatoms. The van der Waals surface area contributed by atoms with E-state index in [0.29, 0.717) is 6.42 Å². The highest BCUT2D eigenvalue weighted by Crippen LogP contribution is 2.31. The Morgan fingerprint density at radius 2 is 1.75 bits per heavy atom. The van der Waals surface area contributed by atoms with Crippen LogP contribution in [0, 0.1) is 0 Å². The van der Waals surface area contributed by atoms with Gasteiger partial charge in [-0.25, -0.2) is 0 Å². The molecule has 12 heavy (non-hydrogen) atoms. The molecular weight excluding hydrogens is 152 g/mol. The summed E-state index contributed by atoms with van der Waals surface area (Å²) in [6.45, 7) is 5.49. The monoisotopic (exact) mass is 166 g/mol. The van der Waals surface area contributed by atoms with Crippen LogP contribution >= 0.6 is 0 Å². The highest BCUT2D eigenvalue weighted by Gasteiger charge is 2.32. The molecule has 0 fully saturated rings. The Labute approximate surface area is 72.6 Å². The number of allylic oxidation sites excluding steroid dienone is 2. The molecule has 1 N–H and O–H groups in total. The van der Waals surface area contributed by atoms with Gasteiger partial charge in [-0.15, -0.1) is 0 Å². The van der Waals surface area contributed by atoms with Gasteiger partial charge in [0.2, 0.25) is 0 Å². The second-order valence-corrected chi connectivity index (χ2v) is 3.27. The van der Waals surface area contributed by atoms with Crippen molar-refractivity contribution in [2.45, 2.75) is 32.8 Å². The van der Waals surface area contributed by atoms with Crippen molar-refractivity contribution < 1.29 is 9.90 Å². The Kier molecular flexibility index (Phi) is 2.20. The van der Waals surface area contributed by atoms with Crippen LogP contribution in [-0.2, 0) is 4.79 Å². The van der Waals surface area contributed by atoms with Gasteiger partial charge in [0.1, 0.15) is 5.60 Å². The van der Waals surface area contributed by atoms with E-state index < -0.39 is 5.60 Å². The zero-order valence-electron chi connectivity index (χ0n) is 7.72. The van der Waals surface area contributed by atoms with Gasteiger partial charge in [0, 0.05) is 0 Å². The second kappa shape index (κ2) is 2.87. The van der Waals surface area contributed by atoms with Crippen LogP contribution in [-0.4, -0.2) is 16.5 Å². The maximum absolute atomic E-state index is 11.0. The van der Waals surface area contributed by atoms with Crippen molar-refractivity contribution >= 4 is 5.78 Å². The molecule has 0 atom stereocenters. The third kappa shape index (κ3) is 1.23. The van der Waals surface area contributed by atoms with E-state index in [1.165, 1.54) is 12.2 Å². The van der Waals surface area contributed by atoms with E-state index in [1.54, 1.807) is 13.8 Å². The molecule has 66 valence electrons. The largest absolute Gasteiger partial charge is 0.381 e. The fourth-order valence-corrected chi connectivity index (χ4v) is 1.58. The van der Waals surface area contributed by atoms with Crippen molar-refractivity contribution in [1.82, 2.24) is 0 Å². The van der Waals surface area contributed by atoms with E-state index >= 15 is 0 Å². The summed E-state index contributed by atoms with van der Waals surface area (Å²) in [6.07, 6.45) is 3.61. The van der Waals surface area contributed by atoms with Crippen molar-refractivity contribution in [2.75, 3.05) is 0 Å². The predicted molar refractivity (Wildman–Crippen MR) is 47.8 cm³/mol. The Hall–Kier alpha value is -0.890. The van der Waals surface area contributed by atoms with E-state index in [2.05, 4.69) is 0 Å². The SMILES string of the molecule is CCC1(O)C(C)=CC(=O)C=C1C. The number of carbonyl (C=O) groups excluding carboxylic acids is 1. The number of carbonyl (C=O) groups is 1. The first-order valence-corrected chi connectivity index (χ1v) is 4.14. The zero-order chi connectivity index (χ0) is 9.35. The van der Waals surface area contributed by atoms with E-state index in [0.717, 1.165) is 11.1 Å². The van der Waals surface area contributed by atoms with Gasteiger partial charge >= 0.3 is 0 Å². The van der Waals surface area contributed by atoms with Crippen LogP contribution in [0.25, 0.3) is 0 Å². The smallest absolute Gasteiger partial charge is 0.178 e. The van der Waals surface area contributed by atoms with Gasteiger partial charge in [-0.3, -0.25) is 4.79 Å². The predicted octanol–water partition coefficient (Wildman–Crippen LogP) is 1.60. The van der Waals surface area contributed by atoms with Gasteiger partial charge in [0.15, 0.2) is 5.78 Å². The first-order chi connectivity index (χ1) is 5.50.